The van der Waals surface area contributed by atoms with Crippen LogP contribution in [0, 0.1) is 0 Å². The third-order valence-corrected chi connectivity index (χ3v) is 2.39. The highest BCUT2D eigenvalue weighted by Gasteiger charge is 2.34. The zero-order chi connectivity index (χ0) is 10.7. The first-order valence-electron chi connectivity index (χ1n) is 4.40. The molecule has 0 spiro atoms. The molecule has 0 aromatic heterocycles. The minimum absolute atomic E-state index is 0.0686. The Hall–Kier alpha value is -1.14. The number of likely N-dealkylation sites (tertiary alicyclic amines) is 1. The van der Waals surface area contributed by atoms with Gasteiger partial charge in [0.15, 0.2) is 6.10 Å². The van der Waals surface area contributed by atoms with E-state index in [1.54, 1.807) is 4.90 Å². The van der Waals surface area contributed by atoms with Crippen molar-refractivity contribution in [2.45, 2.75) is 25.0 Å². The summed E-state index contributed by atoms with van der Waals surface area (Å²) < 4.78 is 0. The summed E-state index contributed by atoms with van der Waals surface area (Å²) in [5, 5.41) is 26.0. The van der Waals surface area contributed by atoms with Gasteiger partial charge in [0, 0.05) is 13.1 Å². The Bertz CT molecular complexity index is 242. The second-order valence-corrected chi connectivity index (χ2v) is 3.32. The molecule has 1 fully saturated rings. The van der Waals surface area contributed by atoms with Crippen LogP contribution in [0.4, 0.5) is 0 Å². The Kier molecular flexibility index (Phi) is 3.43. The molecule has 0 aromatic carbocycles. The molecule has 2 unspecified atom stereocenters. The van der Waals surface area contributed by atoms with Crippen LogP contribution >= 0.6 is 0 Å². The van der Waals surface area contributed by atoms with E-state index in [4.69, 9.17) is 15.3 Å². The summed E-state index contributed by atoms with van der Waals surface area (Å²) in [6.07, 6.45) is -0.734. The lowest BCUT2D eigenvalue weighted by Crippen LogP contribution is -2.53. The number of aliphatic carboxylic acids is 2. The first kappa shape index (κ1) is 10.9. The van der Waals surface area contributed by atoms with E-state index in [9.17, 15) is 9.59 Å². The summed E-state index contributed by atoms with van der Waals surface area (Å²) in [7, 11) is 0. The molecule has 0 radical (unpaired) electrons. The van der Waals surface area contributed by atoms with Gasteiger partial charge in [0.25, 0.3) is 0 Å². The molecule has 0 amide bonds. The molecule has 1 rings (SSSR count). The molecule has 0 aliphatic carbocycles. The van der Waals surface area contributed by atoms with E-state index in [0.717, 1.165) is 0 Å². The number of hydrogen-bond donors (Lipinski definition) is 3. The molecular weight excluding hydrogens is 190 g/mol. The molecule has 0 aromatic rings. The molecule has 2 atom stereocenters. The van der Waals surface area contributed by atoms with Crippen molar-refractivity contribution in [3.63, 3.8) is 0 Å². The van der Waals surface area contributed by atoms with Crippen molar-refractivity contribution in [3.8, 4) is 0 Å². The number of carbonyl (C=O) groups is 2. The summed E-state index contributed by atoms with van der Waals surface area (Å²) >= 11 is 0. The molecule has 6 heteroatoms. The van der Waals surface area contributed by atoms with Crippen molar-refractivity contribution in [3.05, 3.63) is 0 Å². The molecule has 1 aliphatic rings. The molecule has 1 saturated heterocycles. The van der Waals surface area contributed by atoms with E-state index < -0.39 is 24.1 Å². The Morgan fingerprint density at radius 1 is 1.43 bits per heavy atom. The van der Waals surface area contributed by atoms with Crippen LogP contribution in [0.5, 0.6) is 0 Å². The van der Waals surface area contributed by atoms with E-state index in [2.05, 4.69) is 0 Å². The first-order valence-corrected chi connectivity index (χ1v) is 4.40. The molecule has 0 saturated carbocycles. The van der Waals surface area contributed by atoms with Crippen LogP contribution < -0.4 is 0 Å². The topological polar surface area (TPSA) is 98.1 Å². The highest BCUT2D eigenvalue weighted by Crippen LogP contribution is 2.17. The monoisotopic (exact) mass is 203 g/mol. The predicted molar refractivity (Wildman–Crippen MR) is 45.9 cm³/mol. The smallest absolute Gasteiger partial charge is 0.332 e. The van der Waals surface area contributed by atoms with Gasteiger partial charge < -0.3 is 15.3 Å². The number of aliphatic hydroxyl groups excluding tert-OH is 1. The lowest BCUT2D eigenvalue weighted by molar-refractivity contribution is -0.149. The van der Waals surface area contributed by atoms with Crippen LogP contribution in [0.25, 0.3) is 0 Å². The van der Waals surface area contributed by atoms with Gasteiger partial charge in [0.05, 0.1) is 0 Å². The summed E-state index contributed by atoms with van der Waals surface area (Å²) in [5.74, 6) is -2.15. The zero-order valence-corrected chi connectivity index (χ0v) is 7.59. The van der Waals surface area contributed by atoms with Crippen LogP contribution in [0.3, 0.4) is 0 Å². The van der Waals surface area contributed by atoms with Gasteiger partial charge in [0.2, 0.25) is 0 Å². The van der Waals surface area contributed by atoms with E-state index in [-0.39, 0.29) is 6.42 Å². The van der Waals surface area contributed by atoms with Gasteiger partial charge in [-0.3, -0.25) is 9.69 Å². The van der Waals surface area contributed by atoms with Crippen LogP contribution in [-0.4, -0.2) is 57.4 Å². The maximum Gasteiger partial charge on any atom is 0.332 e. The summed E-state index contributed by atoms with van der Waals surface area (Å²) in [6.45, 7) is 0.966. The minimum atomic E-state index is -1.40. The number of carboxylic acids is 2. The van der Waals surface area contributed by atoms with Gasteiger partial charge in [-0.1, -0.05) is 0 Å². The fourth-order valence-electron chi connectivity index (χ4n) is 1.40. The fourth-order valence-corrected chi connectivity index (χ4v) is 1.40. The average Bonchev–Trinajstić information content (AvgIpc) is 2.00. The highest BCUT2D eigenvalue weighted by molar-refractivity contribution is 5.74. The predicted octanol–water partition coefficient (Wildman–Crippen LogP) is -1.02. The molecule has 1 heterocycles. The largest absolute Gasteiger partial charge is 0.480 e. The number of hydrogen-bond acceptors (Lipinski definition) is 4. The third-order valence-electron chi connectivity index (χ3n) is 2.39. The van der Waals surface area contributed by atoms with Crippen LogP contribution in [-0.2, 0) is 9.59 Å². The highest BCUT2D eigenvalue weighted by atomic mass is 16.4. The molecule has 6 nitrogen and oxygen atoms in total. The quantitative estimate of drug-likeness (QED) is 0.529. The molecule has 14 heavy (non-hydrogen) atoms. The van der Waals surface area contributed by atoms with E-state index in [0.29, 0.717) is 19.5 Å². The van der Waals surface area contributed by atoms with Gasteiger partial charge in [-0.05, 0) is 12.8 Å². The lowest BCUT2D eigenvalue weighted by Gasteiger charge is -2.38. The number of aliphatic hydroxyl groups is 1. The van der Waals surface area contributed by atoms with Gasteiger partial charge in [0.1, 0.15) is 6.04 Å². The van der Waals surface area contributed by atoms with Gasteiger partial charge in [-0.25, -0.2) is 4.79 Å². The maximum atomic E-state index is 10.6. The standard InChI is InChI=1S/C8H13NO5/c10-6(8(13)14)2-4-9-3-1-5(9)7(11)12/h5-6,10H,1-4H2,(H,11,12)(H,13,14). The fraction of sp³-hybridized carbons (Fsp3) is 0.750. The van der Waals surface area contributed by atoms with Crippen molar-refractivity contribution in [2.24, 2.45) is 0 Å². The van der Waals surface area contributed by atoms with Crippen molar-refractivity contribution >= 4 is 11.9 Å². The van der Waals surface area contributed by atoms with Gasteiger partial charge in [-0.15, -0.1) is 0 Å². The summed E-state index contributed by atoms with van der Waals surface area (Å²) in [4.78, 5) is 22.4. The number of nitrogens with zero attached hydrogens (tertiary/aromatic N) is 1. The zero-order valence-electron chi connectivity index (χ0n) is 7.59. The van der Waals surface area contributed by atoms with E-state index in [1.807, 2.05) is 0 Å². The van der Waals surface area contributed by atoms with Crippen LogP contribution in [0.15, 0.2) is 0 Å². The molecule has 80 valence electrons. The van der Waals surface area contributed by atoms with Crippen LogP contribution in [0.1, 0.15) is 12.8 Å². The summed E-state index contributed by atoms with van der Waals surface area (Å²) in [5.41, 5.74) is 0. The minimum Gasteiger partial charge on any atom is -0.480 e. The first-order chi connectivity index (χ1) is 6.52. The maximum absolute atomic E-state index is 10.6. The Morgan fingerprint density at radius 2 is 2.07 bits per heavy atom. The molecule has 0 bridgehead atoms. The van der Waals surface area contributed by atoms with Crippen molar-refractivity contribution in [1.29, 1.82) is 0 Å². The van der Waals surface area contributed by atoms with Crippen molar-refractivity contribution in [2.75, 3.05) is 13.1 Å². The van der Waals surface area contributed by atoms with Gasteiger partial charge in [-0.2, -0.15) is 0 Å². The van der Waals surface area contributed by atoms with E-state index in [1.165, 1.54) is 0 Å². The molecule has 3 N–H and O–H groups in total. The number of carboxylic acid groups (broad SMARTS) is 2. The summed E-state index contributed by atoms with van der Waals surface area (Å²) in [6, 6.07) is -0.504. The Labute approximate surface area is 80.8 Å². The number of rotatable bonds is 5. The molecule has 1 aliphatic heterocycles. The van der Waals surface area contributed by atoms with Crippen molar-refractivity contribution < 1.29 is 24.9 Å². The lowest BCUT2D eigenvalue weighted by atomic mass is 10.0. The Morgan fingerprint density at radius 3 is 2.43 bits per heavy atom. The third kappa shape index (κ3) is 2.43. The second kappa shape index (κ2) is 4.39. The Balaban J connectivity index is 2.26. The van der Waals surface area contributed by atoms with Gasteiger partial charge >= 0.3 is 11.9 Å². The van der Waals surface area contributed by atoms with Crippen molar-refractivity contribution in [1.82, 2.24) is 4.90 Å². The normalized spacial score (nSPS) is 23.9. The SMILES string of the molecule is O=C(O)C(O)CCN1CCC1C(=O)O. The van der Waals surface area contributed by atoms with Crippen LogP contribution in [0.2, 0.25) is 0 Å². The van der Waals surface area contributed by atoms with E-state index >= 15 is 0 Å². The molecular formula is C8H13NO5. The average molecular weight is 203 g/mol. The second-order valence-electron chi connectivity index (χ2n) is 3.32.